The number of ketones is 1. The topological polar surface area (TPSA) is 87.6 Å². The number of amides is 1. The molecule has 0 unspecified atom stereocenters. The van der Waals surface area contributed by atoms with Gasteiger partial charge < -0.3 is 5.11 Å². The van der Waals surface area contributed by atoms with Crippen molar-refractivity contribution in [1.29, 1.82) is 0 Å². The quantitative estimate of drug-likeness (QED) is 0.677. The number of anilines is 1. The van der Waals surface area contributed by atoms with Crippen LogP contribution in [0.3, 0.4) is 0 Å². The first-order chi connectivity index (χ1) is 7.54. The predicted molar refractivity (Wildman–Crippen MR) is 53.2 cm³/mol. The molecule has 0 bridgehead atoms. The molecule has 0 fully saturated rings. The van der Waals surface area contributed by atoms with Crippen molar-refractivity contribution in [2.24, 2.45) is 0 Å². The highest BCUT2D eigenvalue weighted by Gasteiger charge is 2.45. The Morgan fingerprint density at radius 2 is 2.19 bits per heavy atom. The molecule has 1 aromatic heterocycles. The third-order valence-corrected chi connectivity index (χ3v) is 2.36. The van der Waals surface area contributed by atoms with E-state index in [0.717, 1.165) is 4.90 Å². The second-order valence-electron chi connectivity index (χ2n) is 3.37. The van der Waals surface area contributed by atoms with E-state index < -0.39 is 23.7 Å². The lowest BCUT2D eigenvalue weighted by molar-refractivity contribution is -0.138. The monoisotopic (exact) mass is 220 g/mol. The number of Topliss-reactive ketones (excluding diaryl/α,β-unsaturated/α-hetero) is 1. The van der Waals surface area contributed by atoms with Gasteiger partial charge in [0.1, 0.15) is 5.82 Å². The smallest absolute Gasteiger partial charge is 0.335 e. The fraction of sp³-hybridized carbons (Fsp3) is 0.200. The predicted octanol–water partition coefficient (Wildman–Crippen LogP) is 0.0840. The normalized spacial score (nSPS) is 18.4. The van der Waals surface area contributed by atoms with Crippen molar-refractivity contribution < 1.29 is 19.5 Å². The number of hydrogen-bond donors (Lipinski definition) is 1. The summed E-state index contributed by atoms with van der Waals surface area (Å²) >= 11 is 0. The number of rotatable bonds is 1. The molecule has 6 heteroatoms. The molecule has 0 saturated carbocycles. The number of nitrogens with zero attached hydrogens (tertiary/aromatic N) is 2. The van der Waals surface area contributed by atoms with Gasteiger partial charge in [0, 0.05) is 13.1 Å². The number of pyridine rings is 1. The summed E-state index contributed by atoms with van der Waals surface area (Å²) in [7, 11) is 0. The summed E-state index contributed by atoms with van der Waals surface area (Å²) < 4.78 is 0. The van der Waals surface area contributed by atoms with Gasteiger partial charge in [0.2, 0.25) is 11.7 Å². The van der Waals surface area contributed by atoms with E-state index in [4.69, 9.17) is 5.11 Å². The Kier molecular flexibility index (Phi) is 2.19. The molecule has 16 heavy (non-hydrogen) atoms. The van der Waals surface area contributed by atoms with E-state index in [2.05, 4.69) is 4.98 Å². The molecule has 1 N–H and O–H groups in total. The molecule has 2 rings (SSSR count). The molecule has 1 aromatic rings. The summed E-state index contributed by atoms with van der Waals surface area (Å²) in [5.41, 5.74) is 0.171. The van der Waals surface area contributed by atoms with E-state index in [1.807, 2.05) is 0 Å². The lowest BCUT2D eigenvalue weighted by Gasteiger charge is -2.17. The van der Waals surface area contributed by atoms with Crippen LogP contribution in [0.2, 0.25) is 0 Å². The van der Waals surface area contributed by atoms with Gasteiger partial charge in [0.05, 0.1) is 5.56 Å². The van der Waals surface area contributed by atoms with Gasteiger partial charge in [-0.2, -0.15) is 0 Å². The minimum absolute atomic E-state index is 0.118. The molecule has 1 aliphatic heterocycles. The van der Waals surface area contributed by atoms with Crippen LogP contribution in [0.25, 0.3) is 0 Å². The van der Waals surface area contributed by atoms with Crippen molar-refractivity contribution in [2.75, 3.05) is 4.90 Å². The average molecular weight is 220 g/mol. The summed E-state index contributed by atoms with van der Waals surface area (Å²) in [5, 5.41) is 8.93. The van der Waals surface area contributed by atoms with Gasteiger partial charge in [0.25, 0.3) is 0 Å². The van der Waals surface area contributed by atoms with E-state index in [1.54, 1.807) is 0 Å². The van der Waals surface area contributed by atoms with E-state index in [9.17, 15) is 14.4 Å². The molecule has 1 aliphatic rings. The Balaban J connectivity index is 2.60. The SMILES string of the molecule is CC(=O)N1c2ncccc2C(=O)[C@H]1C(=O)O. The number of carbonyl (C=O) groups is 3. The molecule has 1 atom stereocenters. The zero-order valence-electron chi connectivity index (χ0n) is 8.38. The van der Waals surface area contributed by atoms with Crippen molar-refractivity contribution in [3.63, 3.8) is 0 Å². The molecule has 0 aromatic carbocycles. The fourth-order valence-electron chi connectivity index (χ4n) is 1.72. The zero-order valence-corrected chi connectivity index (χ0v) is 8.38. The molecule has 1 amide bonds. The molecule has 6 nitrogen and oxygen atoms in total. The van der Waals surface area contributed by atoms with Gasteiger partial charge in [-0.05, 0) is 12.1 Å². The van der Waals surface area contributed by atoms with Crippen LogP contribution < -0.4 is 4.90 Å². The molecule has 2 heterocycles. The molecule has 82 valence electrons. The van der Waals surface area contributed by atoms with E-state index in [0.29, 0.717) is 0 Å². The highest BCUT2D eigenvalue weighted by molar-refractivity contribution is 6.24. The summed E-state index contributed by atoms with van der Waals surface area (Å²) in [6.45, 7) is 1.20. The van der Waals surface area contributed by atoms with Crippen LogP contribution in [0, 0.1) is 0 Å². The Labute approximate surface area is 90.5 Å². The van der Waals surface area contributed by atoms with Gasteiger partial charge in [0.15, 0.2) is 6.04 Å². The molecular weight excluding hydrogens is 212 g/mol. The Morgan fingerprint density at radius 3 is 2.75 bits per heavy atom. The number of fused-ring (bicyclic) bond motifs is 1. The summed E-state index contributed by atoms with van der Waals surface area (Å²) in [4.78, 5) is 38.8. The maximum absolute atomic E-state index is 11.7. The van der Waals surface area contributed by atoms with Crippen molar-refractivity contribution in [1.82, 2.24) is 4.98 Å². The summed E-state index contributed by atoms with van der Waals surface area (Å²) in [6, 6.07) is 1.51. The van der Waals surface area contributed by atoms with Crippen molar-refractivity contribution >= 4 is 23.5 Å². The molecule has 0 radical (unpaired) electrons. The number of carboxylic acids is 1. The summed E-state index contributed by atoms with van der Waals surface area (Å²) in [6.07, 6.45) is 1.41. The zero-order chi connectivity index (χ0) is 11.9. The highest BCUT2D eigenvalue weighted by atomic mass is 16.4. The Hall–Kier alpha value is -2.24. The van der Waals surface area contributed by atoms with Crippen LogP contribution in [-0.4, -0.2) is 33.8 Å². The highest BCUT2D eigenvalue weighted by Crippen LogP contribution is 2.29. The van der Waals surface area contributed by atoms with Gasteiger partial charge >= 0.3 is 5.97 Å². The van der Waals surface area contributed by atoms with Crippen molar-refractivity contribution in [3.8, 4) is 0 Å². The number of aromatic nitrogens is 1. The van der Waals surface area contributed by atoms with Gasteiger partial charge in [-0.3, -0.25) is 14.5 Å². The molecular formula is C10H8N2O4. The minimum atomic E-state index is -1.48. The van der Waals surface area contributed by atoms with E-state index >= 15 is 0 Å². The standard InChI is InChI=1S/C10H8N2O4/c1-5(13)12-7(10(15)16)8(14)6-3-2-4-11-9(6)12/h2-4,7H,1H3,(H,15,16)/t7-/m0/s1. The molecule has 0 saturated heterocycles. The van der Waals surface area contributed by atoms with Crippen LogP contribution in [0.5, 0.6) is 0 Å². The van der Waals surface area contributed by atoms with Crippen LogP contribution in [-0.2, 0) is 9.59 Å². The maximum Gasteiger partial charge on any atom is 0.335 e. The number of carbonyl (C=O) groups excluding carboxylic acids is 2. The Morgan fingerprint density at radius 1 is 1.50 bits per heavy atom. The lowest BCUT2D eigenvalue weighted by atomic mass is 10.1. The first-order valence-corrected chi connectivity index (χ1v) is 4.56. The second kappa shape index (κ2) is 3.41. The van der Waals surface area contributed by atoms with Crippen molar-refractivity contribution in [2.45, 2.75) is 13.0 Å². The minimum Gasteiger partial charge on any atom is -0.479 e. The molecule has 0 spiro atoms. The van der Waals surface area contributed by atoms with E-state index in [1.165, 1.54) is 25.3 Å². The maximum atomic E-state index is 11.7. The third kappa shape index (κ3) is 1.27. The van der Waals surface area contributed by atoms with Crippen LogP contribution in [0.4, 0.5) is 5.82 Å². The van der Waals surface area contributed by atoms with Gasteiger partial charge in [-0.1, -0.05) is 0 Å². The van der Waals surface area contributed by atoms with Crippen molar-refractivity contribution in [3.05, 3.63) is 23.9 Å². The summed E-state index contributed by atoms with van der Waals surface area (Å²) in [5.74, 6) is -2.35. The largest absolute Gasteiger partial charge is 0.479 e. The van der Waals surface area contributed by atoms with Gasteiger partial charge in [-0.25, -0.2) is 9.78 Å². The lowest BCUT2D eigenvalue weighted by Crippen LogP contribution is -2.44. The number of hydrogen-bond acceptors (Lipinski definition) is 4. The first kappa shape index (κ1) is 10.3. The molecule has 0 aliphatic carbocycles. The Bertz CT molecular complexity index is 497. The third-order valence-electron chi connectivity index (χ3n) is 2.36. The number of carboxylic acid groups (broad SMARTS) is 1. The average Bonchev–Trinajstić information content (AvgIpc) is 2.53. The second-order valence-corrected chi connectivity index (χ2v) is 3.37. The van der Waals surface area contributed by atoms with Gasteiger partial charge in [-0.15, -0.1) is 0 Å². The van der Waals surface area contributed by atoms with Crippen LogP contribution >= 0.6 is 0 Å². The first-order valence-electron chi connectivity index (χ1n) is 4.56. The van der Waals surface area contributed by atoms with Crippen LogP contribution in [0.1, 0.15) is 17.3 Å². The van der Waals surface area contributed by atoms with Crippen LogP contribution in [0.15, 0.2) is 18.3 Å². The number of aliphatic carboxylic acids is 1. The van der Waals surface area contributed by atoms with E-state index in [-0.39, 0.29) is 11.4 Å². The fourth-order valence-corrected chi connectivity index (χ4v) is 1.72.